The Morgan fingerprint density at radius 3 is 2.50 bits per heavy atom. The maximum atomic E-state index is 12.1. The number of hydrogen-bond donors (Lipinski definition) is 3. The van der Waals surface area contributed by atoms with Gasteiger partial charge in [-0.05, 0) is 36.8 Å². The molecule has 0 bridgehead atoms. The molecule has 1 atom stereocenters. The molecular formula is C20H19N3O3. The smallest absolute Gasteiger partial charge is 0.251 e. The van der Waals surface area contributed by atoms with Gasteiger partial charge < -0.3 is 15.4 Å². The number of hydrogen-bond acceptors (Lipinski definition) is 4. The number of aromatic nitrogens is 2. The first-order valence-corrected chi connectivity index (χ1v) is 8.22. The van der Waals surface area contributed by atoms with E-state index in [-0.39, 0.29) is 17.9 Å². The highest BCUT2D eigenvalue weighted by atomic mass is 16.3. The fourth-order valence-electron chi connectivity index (χ4n) is 2.61. The molecule has 0 spiro atoms. The lowest BCUT2D eigenvalue weighted by Gasteiger charge is -2.11. The van der Waals surface area contributed by atoms with Crippen molar-refractivity contribution in [2.45, 2.75) is 19.4 Å². The number of nitrogens with zero attached hydrogens (tertiary/aromatic N) is 1. The van der Waals surface area contributed by atoms with Crippen molar-refractivity contribution in [3.8, 4) is 11.4 Å². The van der Waals surface area contributed by atoms with Gasteiger partial charge >= 0.3 is 0 Å². The first-order valence-electron chi connectivity index (χ1n) is 8.22. The standard InChI is InChI=1S/C20H19N3O3/c1-13-11-18(25)23-20(21-13)15-7-9-16(10-8-15)22-19(26)12-17(24)14-5-3-2-4-6-14/h2-11,17,24H,12H2,1H3,(H,22,26)(H,21,23,25). The minimum absolute atomic E-state index is 0.0292. The SMILES string of the molecule is Cc1cc(=O)[nH]c(-c2ccc(NC(=O)CC(O)c3ccccc3)cc2)n1. The van der Waals surface area contributed by atoms with E-state index in [1.807, 2.05) is 18.2 Å². The quantitative estimate of drug-likeness (QED) is 0.660. The Labute approximate surface area is 150 Å². The summed E-state index contributed by atoms with van der Waals surface area (Å²) in [5, 5.41) is 12.9. The van der Waals surface area contributed by atoms with Gasteiger partial charge in [-0.2, -0.15) is 0 Å². The fraction of sp³-hybridized carbons (Fsp3) is 0.150. The maximum absolute atomic E-state index is 12.1. The van der Waals surface area contributed by atoms with Gasteiger partial charge in [0.25, 0.3) is 5.56 Å². The molecule has 132 valence electrons. The molecule has 0 fully saturated rings. The van der Waals surface area contributed by atoms with E-state index < -0.39 is 6.10 Å². The lowest BCUT2D eigenvalue weighted by Crippen LogP contribution is -2.15. The number of rotatable bonds is 5. The highest BCUT2D eigenvalue weighted by molar-refractivity contribution is 5.91. The van der Waals surface area contributed by atoms with Gasteiger partial charge in [0.1, 0.15) is 5.82 Å². The second kappa shape index (κ2) is 7.76. The summed E-state index contributed by atoms with van der Waals surface area (Å²) in [6.07, 6.45) is -0.879. The molecule has 2 aromatic carbocycles. The molecule has 3 N–H and O–H groups in total. The number of H-pyrrole nitrogens is 1. The summed E-state index contributed by atoms with van der Waals surface area (Å²) in [7, 11) is 0. The van der Waals surface area contributed by atoms with Gasteiger partial charge in [-0.25, -0.2) is 4.98 Å². The Balaban J connectivity index is 1.65. The molecule has 3 rings (SSSR count). The number of nitrogens with one attached hydrogen (secondary N) is 2. The monoisotopic (exact) mass is 349 g/mol. The third kappa shape index (κ3) is 4.43. The highest BCUT2D eigenvalue weighted by Crippen LogP contribution is 2.19. The Kier molecular flexibility index (Phi) is 5.24. The van der Waals surface area contributed by atoms with Crippen molar-refractivity contribution < 1.29 is 9.90 Å². The molecule has 1 amide bonds. The molecule has 0 saturated heterocycles. The Morgan fingerprint density at radius 2 is 1.85 bits per heavy atom. The van der Waals surface area contributed by atoms with Crippen LogP contribution in [0.5, 0.6) is 0 Å². The van der Waals surface area contributed by atoms with Gasteiger partial charge in [0.15, 0.2) is 0 Å². The molecule has 26 heavy (non-hydrogen) atoms. The largest absolute Gasteiger partial charge is 0.388 e. The zero-order valence-electron chi connectivity index (χ0n) is 14.3. The van der Waals surface area contributed by atoms with E-state index in [0.717, 1.165) is 5.56 Å². The summed E-state index contributed by atoms with van der Waals surface area (Å²) >= 11 is 0. The van der Waals surface area contributed by atoms with E-state index in [1.54, 1.807) is 43.3 Å². The second-order valence-electron chi connectivity index (χ2n) is 5.99. The average molecular weight is 349 g/mol. The third-order valence-corrected chi connectivity index (χ3v) is 3.87. The molecule has 6 nitrogen and oxygen atoms in total. The van der Waals surface area contributed by atoms with Crippen LogP contribution < -0.4 is 10.9 Å². The Hall–Kier alpha value is -3.25. The van der Waals surface area contributed by atoms with E-state index in [1.165, 1.54) is 6.07 Å². The van der Waals surface area contributed by atoms with Crippen LogP contribution in [0.2, 0.25) is 0 Å². The summed E-state index contributed by atoms with van der Waals surface area (Å²) in [5.41, 5.74) is 2.48. The number of aliphatic hydroxyl groups excluding tert-OH is 1. The zero-order valence-corrected chi connectivity index (χ0v) is 14.3. The summed E-state index contributed by atoms with van der Waals surface area (Å²) in [6, 6.07) is 17.5. The van der Waals surface area contributed by atoms with Gasteiger partial charge in [-0.15, -0.1) is 0 Å². The minimum atomic E-state index is -0.850. The third-order valence-electron chi connectivity index (χ3n) is 3.87. The van der Waals surface area contributed by atoms with Crippen LogP contribution >= 0.6 is 0 Å². The number of benzene rings is 2. The van der Waals surface area contributed by atoms with Crippen LogP contribution in [0.3, 0.4) is 0 Å². The Morgan fingerprint density at radius 1 is 1.15 bits per heavy atom. The predicted octanol–water partition coefficient (Wildman–Crippen LogP) is 2.81. The summed E-state index contributed by atoms with van der Waals surface area (Å²) in [5.74, 6) is 0.198. The molecule has 1 unspecified atom stereocenters. The lowest BCUT2D eigenvalue weighted by atomic mass is 10.1. The van der Waals surface area contributed by atoms with Gasteiger partial charge in [-0.3, -0.25) is 9.59 Å². The zero-order chi connectivity index (χ0) is 18.5. The van der Waals surface area contributed by atoms with Crippen molar-refractivity contribution in [3.05, 3.63) is 82.3 Å². The van der Waals surface area contributed by atoms with Crippen LogP contribution in [-0.2, 0) is 4.79 Å². The first kappa shape index (κ1) is 17.6. The van der Waals surface area contributed by atoms with Crippen molar-refractivity contribution in [1.82, 2.24) is 9.97 Å². The number of aryl methyl sites for hydroxylation is 1. The number of anilines is 1. The molecule has 0 aliphatic carbocycles. The summed E-state index contributed by atoms with van der Waals surface area (Å²) in [6.45, 7) is 1.76. The molecule has 0 aliphatic rings. The average Bonchev–Trinajstić information content (AvgIpc) is 2.62. The van der Waals surface area contributed by atoms with E-state index in [0.29, 0.717) is 22.8 Å². The number of aromatic amines is 1. The molecule has 3 aromatic rings. The van der Waals surface area contributed by atoms with Crippen LogP contribution in [0.25, 0.3) is 11.4 Å². The highest BCUT2D eigenvalue weighted by Gasteiger charge is 2.13. The summed E-state index contributed by atoms with van der Waals surface area (Å²) < 4.78 is 0. The van der Waals surface area contributed by atoms with Crippen LogP contribution in [-0.4, -0.2) is 21.0 Å². The number of carbonyl (C=O) groups excluding carboxylic acids is 1. The first-order chi connectivity index (χ1) is 12.5. The van der Waals surface area contributed by atoms with E-state index in [9.17, 15) is 14.7 Å². The molecule has 0 aliphatic heterocycles. The van der Waals surface area contributed by atoms with Crippen molar-refractivity contribution >= 4 is 11.6 Å². The molecule has 1 heterocycles. The number of amides is 1. The van der Waals surface area contributed by atoms with Crippen molar-refractivity contribution in [3.63, 3.8) is 0 Å². The molecule has 6 heteroatoms. The molecule has 0 radical (unpaired) electrons. The van der Waals surface area contributed by atoms with Crippen LogP contribution in [0.4, 0.5) is 5.69 Å². The molecular weight excluding hydrogens is 330 g/mol. The normalized spacial score (nSPS) is 11.8. The van der Waals surface area contributed by atoms with Crippen molar-refractivity contribution in [2.24, 2.45) is 0 Å². The Bertz CT molecular complexity index is 950. The van der Waals surface area contributed by atoms with E-state index in [2.05, 4.69) is 15.3 Å². The topological polar surface area (TPSA) is 95.1 Å². The minimum Gasteiger partial charge on any atom is -0.388 e. The van der Waals surface area contributed by atoms with E-state index >= 15 is 0 Å². The van der Waals surface area contributed by atoms with Crippen molar-refractivity contribution in [1.29, 1.82) is 0 Å². The fourth-order valence-corrected chi connectivity index (χ4v) is 2.61. The van der Waals surface area contributed by atoms with Crippen LogP contribution in [0.15, 0.2) is 65.5 Å². The predicted molar refractivity (Wildman–Crippen MR) is 99.7 cm³/mol. The molecule has 1 aromatic heterocycles. The van der Waals surface area contributed by atoms with Crippen molar-refractivity contribution in [2.75, 3.05) is 5.32 Å². The van der Waals surface area contributed by atoms with Gasteiger partial charge in [-0.1, -0.05) is 30.3 Å². The lowest BCUT2D eigenvalue weighted by molar-refractivity contribution is -0.118. The van der Waals surface area contributed by atoms with Crippen LogP contribution in [0, 0.1) is 6.92 Å². The summed E-state index contributed by atoms with van der Waals surface area (Å²) in [4.78, 5) is 30.6. The van der Waals surface area contributed by atoms with Gasteiger partial charge in [0, 0.05) is 23.0 Å². The maximum Gasteiger partial charge on any atom is 0.251 e. The van der Waals surface area contributed by atoms with Gasteiger partial charge in [0.05, 0.1) is 12.5 Å². The van der Waals surface area contributed by atoms with Crippen LogP contribution in [0.1, 0.15) is 23.8 Å². The van der Waals surface area contributed by atoms with E-state index in [4.69, 9.17) is 0 Å². The number of carbonyl (C=O) groups is 1. The van der Waals surface area contributed by atoms with Gasteiger partial charge in [0.2, 0.25) is 5.91 Å². The molecule has 0 saturated carbocycles. The second-order valence-corrected chi connectivity index (χ2v) is 5.99. The number of aliphatic hydroxyl groups is 1.